The fraction of sp³-hybridized carbons (Fsp3) is 0.733. The predicted molar refractivity (Wildman–Crippen MR) is 88.8 cm³/mol. The van der Waals surface area contributed by atoms with Crippen LogP contribution in [0.5, 0.6) is 0 Å². The standard InChI is InChI=1S/C15H25N5O2S/c1-10-5-3-4-6-11(10)17-14(22)9-23-15-19-18-13(20(15)2)8-7-12(16)21/h10-11H,3-9H2,1-2H3,(H2,16,21)(H,17,22)/t10-,11+/m1/s1. The number of carbonyl (C=O) groups excluding carboxylic acids is 2. The van der Waals surface area contributed by atoms with Gasteiger partial charge in [0.1, 0.15) is 5.82 Å². The van der Waals surface area contributed by atoms with E-state index in [-0.39, 0.29) is 18.2 Å². The van der Waals surface area contributed by atoms with E-state index >= 15 is 0 Å². The van der Waals surface area contributed by atoms with Gasteiger partial charge in [0.25, 0.3) is 0 Å². The summed E-state index contributed by atoms with van der Waals surface area (Å²) in [6.07, 6.45) is 5.41. The van der Waals surface area contributed by atoms with Gasteiger partial charge in [-0.3, -0.25) is 9.59 Å². The van der Waals surface area contributed by atoms with Crippen LogP contribution >= 0.6 is 11.8 Å². The zero-order valence-electron chi connectivity index (χ0n) is 13.7. The van der Waals surface area contributed by atoms with Crippen LogP contribution in [0.3, 0.4) is 0 Å². The van der Waals surface area contributed by atoms with Crippen LogP contribution in [0.1, 0.15) is 44.9 Å². The molecule has 2 atom stereocenters. The Morgan fingerprint density at radius 1 is 1.35 bits per heavy atom. The first-order valence-corrected chi connectivity index (χ1v) is 9.04. The Bertz CT molecular complexity index is 560. The van der Waals surface area contributed by atoms with Gasteiger partial charge in [0, 0.05) is 25.9 Å². The fourth-order valence-corrected chi connectivity index (χ4v) is 3.57. The smallest absolute Gasteiger partial charge is 0.230 e. The number of primary amides is 1. The highest BCUT2D eigenvalue weighted by molar-refractivity contribution is 7.99. The summed E-state index contributed by atoms with van der Waals surface area (Å²) in [5.41, 5.74) is 5.14. The Labute approximate surface area is 140 Å². The monoisotopic (exact) mass is 339 g/mol. The number of nitrogens with two attached hydrogens (primary N) is 1. The van der Waals surface area contributed by atoms with Crippen molar-refractivity contribution in [3.63, 3.8) is 0 Å². The molecule has 1 aromatic rings. The Morgan fingerprint density at radius 3 is 2.78 bits per heavy atom. The minimum absolute atomic E-state index is 0.0374. The number of carbonyl (C=O) groups is 2. The summed E-state index contributed by atoms with van der Waals surface area (Å²) in [5.74, 6) is 1.25. The number of aromatic nitrogens is 3. The van der Waals surface area contributed by atoms with Crippen molar-refractivity contribution in [1.29, 1.82) is 0 Å². The van der Waals surface area contributed by atoms with Gasteiger partial charge in [-0.2, -0.15) is 0 Å². The van der Waals surface area contributed by atoms with Crippen LogP contribution in [0.25, 0.3) is 0 Å². The molecule has 0 aliphatic heterocycles. The van der Waals surface area contributed by atoms with Crippen LogP contribution in [0.15, 0.2) is 5.16 Å². The summed E-state index contributed by atoms with van der Waals surface area (Å²) in [7, 11) is 1.83. The third-order valence-electron chi connectivity index (χ3n) is 4.31. The predicted octanol–water partition coefficient (Wildman–Crippen LogP) is 1.02. The van der Waals surface area contributed by atoms with E-state index in [0.29, 0.717) is 35.1 Å². The average molecular weight is 339 g/mol. The minimum atomic E-state index is -0.358. The van der Waals surface area contributed by atoms with Crippen LogP contribution in [0.2, 0.25) is 0 Å². The van der Waals surface area contributed by atoms with E-state index in [4.69, 9.17) is 5.73 Å². The number of amides is 2. The summed E-state index contributed by atoms with van der Waals surface area (Å²) in [5, 5.41) is 11.9. The highest BCUT2D eigenvalue weighted by atomic mass is 32.2. The second-order valence-corrected chi connectivity index (χ2v) is 7.09. The first-order valence-electron chi connectivity index (χ1n) is 8.06. The molecule has 1 aromatic heterocycles. The molecule has 0 spiro atoms. The number of hydrogen-bond acceptors (Lipinski definition) is 5. The lowest BCUT2D eigenvalue weighted by Crippen LogP contribution is -2.41. The molecule has 0 bridgehead atoms. The molecule has 1 aliphatic rings. The first kappa shape index (κ1) is 17.8. The van der Waals surface area contributed by atoms with E-state index in [1.54, 1.807) is 0 Å². The number of rotatable bonds is 7. The summed E-state index contributed by atoms with van der Waals surface area (Å²) in [6, 6.07) is 0.294. The van der Waals surface area contributed by atoms with Crippen LogP contribution < -0.4 is 11.1 Å². The molecule has 3 N–H and O–H groups in total. The second kappa shape index (κ2) is 8.33. The summed E-state index contributed by atoms with van der Waals surface area (Å²) in [6.45, 7) is 2.20. The number of nitrogens with one attached hydrogen (secondary N) is 1. The van der Waals surface area contributed by atoms with Crippen LogP contribution in [0.4, 0.5) is 0 Å². The largest absolute Gasteiger partial charge is 0.370 e. The lowest BCUT2D eigenvalue weighted by Gasteiger charge is -2.29. The van der Waals surface area contributed by atoms with Gasteiger partial charge in [0.05, 0.1) is 5.75 Å². The number of thioether (sulfide) groups is 1. The maximum atomic E-state index is 12.1. The maximum Gasteiger partial charge on any atom is 0.230 e. The Hall–Kier alpha value is -1.57. The Balaban J connectivity index is 1.81. The van der Waals surface area contributed by atoms with Crippen LogP contribution in [-0.2, 0) is 23.1 Å². The molecule has 128 valence electrons. The molecule has 0 saturated heterocycles. The van der Waals surface area contributed by atoms with Gasteiger partial charge >= 0.3 is 0 Å². The quantitative estimate of drug-likeness (QED) is 0.722. The molecule has 0 aromatic carbocycles. The molecule has 1 saturated carbocycles. The van der Waals surface area contributed by atoms with Gasteiger partial charge < -0.3 is 15.6 Å². The molecule has 0 unspecified atom stereocenters. The summed E-state index contributed by atoms with van der Waals surface area (Å²) in [4.78, 5) is 22.9. The van der Waals surface area contributed by atoms with E-state index < -0.39 is 0 Å². The molecule has 7 nitrogen and oxygen atoms in total. The minimum Gasteiger partial charge on any atom is -0.370 e. The fourth-order valence-electron chi connectivity index (χ4n) is 2.83. The third-order valence-corrected chi connectivity index (χ3v) is 5.33. The van der Waals surface area contributed by atoms with Crippen molar-refractivity contribution in [2.45, 2.75) is 56.6 Å². The van der Waals surface area contributed by atoms with Crippen molar-refractivity contribution >= 4 is 23.6 Å². The second-order valence-electron chi connectivity index (χ2n) is 6.15. The van der Waals surface area contributed by atoms with Gasteiger partial charge in [0.15, 0.2) is 5.16 Å². The van der Waals surface area contributed by atoms with Crippen LogP contribution in [0, 0.1) is 5.92 Å². The number of nitrogens with zero attached hydrogens (tertiary/aromatic N) is 3. The Morgan fingerprint density at radius 2 is 2.09 bits per heavy atom. The van der Waals surface area contributed by atoms with Crippen molar-refractivity contribution in [2.75, 3.05) is 5.75 Å². The topological polar surface area (TPSA) is 103 Å². The van der Waals surface area contributed by atoms with Crippen molar-refractivity contribution in [3.05, 3.63) is 5.82 Å². The lowest BCUT2D eigenvalue weighted by atomic mass is 9.86. The van der Waals surface area contributed by atoms with Crippen molar-refractivity contribution in [3.8, 4) is 0 Å². The van der Waals surface area contributed by atoms with E-state index in [1.807, 2.05) is 11.6 Å². The third kappa shape index (κ3) is 5.23. The van der Waals surface area contributed by atoms with Crippen molar-refractivity contribution in [1.82, 2.24) is 20.1 Å². The molecule has 1 heterocycles. The highest BCUT2D eigenvalue weighted by Crippen LogP contribution is 2.24. The number of hydrogen-bond donors (Lipinski definition) is 2. The molecule has 2 rings (SSSR count). The van der Waals surface area contributed by atoms with Gasteiger partial charge in [-0.25, -0.2) is 0 Å². The van der Waals surface area contributed by atoms with E-state index in [9.17, 15) is 9.59 Å². The molecule has 0 radical (unpaired) electrons. The molecular weight excluding hydrogens is 314 g/mol. The molecule has 2 amide bonds. The van der Waals surface area contributed by atoms with Gasteiger partial charge in [0.2, 0.25) is 11.8 Å². The lowest BCUT2D eigenvalue weighted by molar-refractivity contribution is -0.120. The molecule has 1 fully saturated rings. The number of aryl methyl sites for hydroxylation is 1. The maximum absolute atomic E-state index is 12.1. The van der Waals surface area contributed by atoms with E-state index in [0.717, 1.165) is 6.42 Å². The Kier molecular flexibility index (Phi) is 6.44. The first-order chi connectivity index (χ1) is 11.0. The van der Waals surface area contributed by atoms with Gasteiger partial charge in [-0.05, 0) is 18.8 Å². The molecule has 8 heteroatoms. The zero-order valence-corrected chi connectivity index (χ0v) is 14.6. The van der Waals surface area contributed by atoms with Gasteiger partial charge in [-0.1, -0.05) is 31.5 Å². The average Bonchev–Trinajstić information content (AvgIpc) is 2.86. The summed E-state index contributed by atoms with van der Waals surface area (Å²) >= 11 is 1.36. The SMILES string of the molecule is C[C@@H]1CCCC[C@@H]1NC(=O)CSc1nnc(CCC(N)=O)n1C. The highest BCUT2D eigenvalue weighted by Gasteiger charge is 2.23. The van der Waals surface area contributed by atoms with Crippen LogP contribution in [-0.4, -0.2) is 38.4 Å². The zero-order chi connectivity index (χ0) is 16.8. The van der Waals surface area contributed by atoms with Crippen molar-refractivity contribution < 1.29 is 9.59 Å². The molecular formula is C15H25N5O2S. The van der Waals surface area contributed by atoms with Gasteiger partial charge in [-0.15, -0.1) is 10.2 Å². The normalized spacial score (nSPS) is 21.1. The summed E-state index contributed by atoms with van der Waals surface area (Å²) < 4.78 is 1.81. The molecule has 23 heavy (non-hydrogen) atoms. The van der Waals surface area contributed by atoms with Crippen molar-refractivity contribution in [2.24, 2.45) is 18.7 Å². The van der Waals surface area contributed by atoms with E-state index in [2.05, 4.69) is 22.4 Å². The van der Waals surface area contributed by atoms with E-state index in [1.165, 1.54) is 31.0 Å². The molecule has 1 aliphatic carbocycles.